The highest BCUT2D eigenvalue weighted by molar-refractivity contribution is 7.89. The van der Waals surface area contributed by atoms with E-state index in [1.54, 1.807) is 0 Å². The highest BCUT2D eigenvalue weighted by Gasteiger charge is 2.36. The van der Waals surface area contributed by atoms with E-state index in [9.17, 15) is 13.2 Å². The molecule has 1 aromatic rings. The number of methoxy groups -OCH3 is 1. The average molecular weight is 368 g/mol. The minimum Gasteiger partial charge on any atom is -0.466 e. The summed E-state index contributed by atoms with van der Waals surface area (Å²) in [6.45, 7) is 6.75. The lowest BCUT2D eigenvalue weighted by Gasteiger charge is -2.24. The molecule has 1 aliphatic rings. The van der Waals surface area contributed by atoms with Gasteiger partial charge in [0.15, 0.2) is 0 Å². The molecule has 0 fully saturated rings. The number of ether oxygens (including phenoxy) is 1. The van der Waals surface area contributed by atoms with Gasteiger partial charge in [-0.25, -0.2) is 13.2 Å². The number of sulfonamides is 1. The zero-order chi connectivity index (χ0) is 18.0. The first-order chi connectivity index (χ1) is 11.2. The lowest BCUT2D eigenvalue weighted by molar-refractivity contribution is -0.136. The Morgan fingerprint density at radius 1 is 1.21 bits per heavy atom. The molecule has 132 valence electrons. The summed E-state index contributed by atoms with van der Waals surface area (Å²) in [5, 5.41) is 0. The summed E-state index contributed by atoms with van der Waals surface area (Å²) < 4.78 is 32.0. The van der Waals surface area contributed by atoms with Gasteiger partial charge in [-0.15, -0.1) is 0 Å². The predicted octanol–water partition coefficient (Wildman–Crippen LogP) is 2.94. The van der Waals surface area contributed by atoms with Gasteiger partial charge in [-0.2, -0.15) is 0 Å². The van der Waals surface area contributed by atoms with Gasteiger partial charge in [0, 0.05) is 21.0 Å². The Morgan fingerprint density at radius 2 is 1.83 bits per heavy atom. The standard InChI is InChI=1S/C17H25NO4SSi/c1-22-17(19)15-10-11-18(16(15)14-8-6-5-7-9-14)23(20,21)12-13-24(2,3)4/h5-9H,10-13H2,1-4H3. The molecule has 0 aromatic heterocycles. The molecule has 0 aliphatic carbocycles. The van der Waals surface area contributed by atoms with Gasteiger partial charge in [0.05, 0.1) is 24.1 Å². The Morgan fingerprint density at radius 3 is 2.38 bits per heavy atom. The fourth-order valence-electron chi connectivity index (χ4n) is 2.65. The fraction of sp³-hybridized carbons (Fsp3) is 0.471. The first kappa shape index (κ1) is 18.7. The van der Waals surface area contributed by atoms with Gasteiger partial charge >= 0.3 is 5.97 Å². The van der Waals surface area contributed by atoms with E-state index >= 15 is 0 Å². The van der Waals surface area contributed by atoms with Crippen LogP contribution in [0.15, 0.2) is 35.9 Å². The van der Waals surface area contributed by atoms with Crippen LogP contribution in [-0.4, -0.2) is 46.2 Å². The molecule has 7 heteroatoms. The van der Waals surface area contributed by atoms with Crippen LogP contribution in [0, 0.1) is 0 Å². The van der Waals surface area contributed by atoms with Crippen LogP contribution in [0.3, 0.4) is 0 Å². The average Bonchev–Trinajstić information content (AvgIpc) is 2.98. The zero-order valence-corrected chi connectivity index (χ0v) is 16.5. The van der Waals surface area contributed by atoms with E-state index in [4.69, 9.17) is 4.74 Å². The zero-order valence-electron chi connectivity index (χ0n) is 14.7. The third-order valence-electron chi connectivity index (χ3n) is 4.02. The fourth-order valence-corrected chi connectivity index (χ4v) is 7.22. The van der Waals surface area contributed by atoms with E-state index in [1.165, 1.54) is 11.4 Å². The van der Waals surface area contributed by atoms with Crippen LogP contribution in [0.4, 0.5) is 0 Å². The topological polar surface area (TPSA) is 63.7 Å². The second-order valence-corrected chi connectivity index (χ2v) is 14.8. The van der Waals surface area contributed by atoms with Crippen molar-refractivity contribution in [1.82, 2.24) is 4.31 Å². The molecule has 2 rings (SSSR count). The minimum absolute atomic E-state index is 0.119. The van der Waals surface area contributed by atoms with Crippen molar-refractivity contribution in [2.75, 3.05) is 19.4 Å². The van der Waals surface area contributed by atoms with Gasteiger partial charge in [-0.3, -0.25) is 4.31 Å². The second-order valence-electron chi connectivity index (χ2n) is 7.13. The summed E-state index contributed by atoms with van der Waals surface area (Å²) in [5.74, 6) is -0.343. The number of hydrogen-bond acceptors (Lipinski definition) is 4. The molecule has 1 aliphatic heterocycles. The summed E-state index contributed by atoms with van der Waals surface area (Å²) in [4.78, 5) is 12.1. The van der Waals surface area contributed by atoms with Gasteiger partial charge < -0.3 is 4.74 Å². The van der Waals surface area contributed by atoms with Gasteiger partial charge in [0.25, 0.3) is 0 Å². The molecule has 24 heavy (non-hydrogen) atoms. The summed E-state index contributed by atoms with van der Waals surface area (Å²) >= 11 is 0. The maximum absolute atomic E-state index is 12.9. The third-order valence-corrected chi connectivity index (χ3v) is 7.89. The molecule has 0 spiro atoms. The lowest BCUT2D eigenvalue weighted by atomic mass is 10.1. The molecule has 5 nitrogen and oxygen atoms in total. The van der Waals surface area contributed by atoms with E-state index < -0.39 is 24.1 Å². The van der Waals surface area contributed by atoms with Crippen molar-refractivity contribution in [2.45, 2.75) is 32.1 Å². The Kier molecular flexibility index (Phi) is 5.55. The highest BCUT2D eigenvalue weighted by atomic mass is 32.2. The Balaban J connectivity index is 2.43. The summed E-state index contributed by atoms with van der Waals surface area (Å²) in [5.41, 5.74) is 1.63. The number of benzene rings is 1. The van der Waals surface area contributed by atoms with Crippen molar-refractivity contribution in [3.63, 3.8) is 0 Å². The largest absolute Gasteiger partial charge is 0.466 e. The molecule has 0 saturated heterocycles. The Bertz CT molecular complexity index is 736. The highest BCUT2D eigenvalue weighted by Crippen LogP contribution is 2.35. The molecule has 0 atom stereocenters. The molecule has 0 unspecified atom stereocenters. The van der Waals surface area contributed by atoms with Gasteiger partial charge in [-0.1, -0.05) is 50.0 Å². The number of esters is 1. The third kappa shape index (κ3) is 4.27. The molecule has 0 N–H and O–H groups in total. The van der Waals surface area contributed by atoms with Crippen LogP contribution in [-0.2, 0) is 19.6 Å². The minimum atomic E-state index is -3.46. The molecule has 0 radical (unpaired) electrons. The first-order valence-corrected chi connectivity index (χ1v) is 13.3. The molecule has 1 heterocycles. The van der Waals surface area contributed by atoms with Crippen LogP contribution in [0.5, 0.6) is 0 Å². The number of rotatable bonds is 6. The van der Waals surface area contributed by atoms with Crippen molar-refractivity contribution < 1.29 is 17.9 Å². The van der Waals surface area contributed by atoms with E-state index in [2.05, 4.69) is 19.6 Å². The van der Waals surface area contributed by atoms with Crippen LogP contribution in [0.1, 0.15) is 12.0 Å². The van der Waals surface area contributed by atoms with Crippen molar-refractivity contribution in [2.24, 2.45) is 0 Å². The smallest absolute Gasteiger partial charge is 0.335 e. The van der Waals surface area contributed by atoms with E-state index in [0.717, 1.165) is 5.56 Å². The molecule has 0 amide bonds. The van der Waals surface area contributed by atoms with Crippen LogP contribution in [0.25, 0.3) is 5.70 Å². The van der Waals surface area contributed by atoms with Crippen molar-refractivity contribution in [1.29, 1.82) is 0 Å². The molecule has 1 aromatic carbocycles. The molecular formula is C17H25NO4SSi. The Labute approximate surface area is 145 Å². The van der Waals surface area contributed by atoms with Crippen LogP contribution >= 0.6 is 0 Å². The first-order valence-electron chi connectivity index (χ1n) is 8.03. The van der Waals surface area contributed by atoms with Gasteiger partial charge in [-0.05, 0) is 11.6 Å². The van der Waals surface area contributed by atoms with E-state index in [1.807, 2.05) is 30.3 Å². The SMILES string of the molecule is COC(=O)C1=C(c2ccccc2)N(S(=O)(=O)CC[Si](C)(C)C)CC1. The number of hydrogen-bond donors (Lipinski definition) is 0. The summed E-state index contributed by atoms with van der Waals surface area (Å²) in [7, 11) is -3.62. The van der Waals surface area contributed by atoms with Crippen LogP contribution < -0.4 is 0 Å². The quantitative estimate of drug-likeness (QED) is 0.573. The number of carbonyl (C=O) groups excluding carboxylic acids is 1. The normalized spacial score (nSPS) is 15.8. The Hall–Kier alpha value is -1.60. The molecule has 0 bridgehead atoms. The number of nitrogens with zero attached hydrogens (tertiary/aromatic N) is 1. The van der Waals surface area contributed by atoms with E-state index in [-0.39, 0.29) is 5.75 Å². The maximum Gasteiger partial charge on any atom is 0.335 e. The van der Waals surface area contributed by atoms with Crippen molar-refractivity contribution in [3.05, 3.63) is 41.5 Å². The van der Waals surface area contributed by atoms with Crippen LogP contribution in [0.2, 0.25) is 25.7 Å². The maximum atomic E-state index is 12.9. The molecule has 0 saturated carbocycles. The summed E-state index contributed by atoms with van der Waals surface area (Å²) in [6.07, 6.45) is 0.378. The van der Waals surface area contributed by atoms with Crippen molar-refractivity contribution >= 4 is 29.8 Å². The second kappa shape index (κ2) is 7.10. The predicted molar refractivity (Wildman–Crippen MR) is 98.6 cm³/mol. The van der Waals surface area contributed by atoms with Crippen molar-refractivity contribution in [3.8, 4) is 0 Å². The van der Waals surface area contributed by atoms with Gasteiger partial charge in [0.2, 0.25) is 10.0 Å². The van der Waals surface area contributed by atoms with Gasteiger partial charge in [0.1, 0.15) is 0 Å². The monoisotopic (exact) mass is 367 g/mol. The molecular weight excluding hydrogens is 342 g/mol. The number of carbonyl (C=O) groups is 1. The van der Waals surface area contributed by atoms with E-state index in [0.29, 0.717) is 30.3 Å². The summed E-state index contributed by atoms with van der Waals surface area (Å²) in [6, 6.07) is 9.88. The lowest BCUT2D eigenvalue weighted by Crippen LogP contribution is -2.33.